The predicted molar refractivity (Wildman–Crippen MR) is 68.4 cm³/mol. The number of hydrogen-bond acceptors (Lipinski definition) is 2. The number of hydrogen-bond donors (Lipinski definition) is 2. The molecule has 19 heavy (non-hydrogen) atoms. The highest BCUT2D eigenvalue weighted by Crippen LogP contribution is 2.47. The molecule has 0 aromatic heterocycles. The summed E-state index contributed by atoms with van der Waals surface area (Å²) < 4.78 is 26.1. The van der Waals surface area contributed by atoms with E-state index in [0.717, 1.165) is 31.4 Å². The Morgan fingerprint density at radius 3 is 2.68 bits per heavy atom. The maximum Gasteiger partial charge on any atom is 0.224 e. The molecule has 0 radical (unpaired) electrons. The third kappa shape index (κ3) is 3.73. The first-order chi connectivity index (χ1) is 9.04. The number of nitrogens with two attached hydrogens (primary N) is 1. The van der Waals surface area contributed by atoms with E-state index in [9.17, 15) is 13.6 Å². The van der Waals surface area contributed by atoms with Crippen LogP contribution in [-0.2, 0) is 11.2 Å². The molecule has 0 aliphatic heterocycles. The van der Waals surface area contributed by atoms with Crippen molar-refractivity contribution < 1.29 is 13.6 Å². The number of nitrogens with one attached hydrogen (secondary N) is 1. The second kappa shape index (κ2) is 5.65. The Morgan fingerprint density at radius 1 is 1.37 bits per heavy atom. The van der Waals surface area contributed by atoms with E-state index in [1.165, 1.54) is 6.07 Å². The number of carbonyl (C=O) groups is 1. The van der Waals surface area contributed by atoms with Gasteiger partial charge in [-0.15, -0.1) is 0 Å². The van der Waals surface area contributed by atoms with Crippen molar-refractivity contribution in [2.75, 3.05) is 13.1 Å². The first-order valence-corrected chi connectivity index (χ1v) is 6.45. The van der Waals surface area contributed by atoms with Gasteiger partial charge in [-0.05, 0) is 42.9 Å². The molecule has 0 saturated heterocycles. The Kier molecular flexibility index (Phi) is 4.14. The van der Waals surface area contributed by atoms with Crippen LogP contribution in [0.4, 0.5) is 8.78 Å². The third-order valence-corrected chi connectivity index (χ3v) is 3.66. The lowest BCUT2D eigenvalue weighted by Gasteiger charge is -2.14. The van der Waals surface area contributed by atoms with Crippen LogP contribution < -0.4 is 11.1 Å². The van der Waals surface area contributed by atoms with E-state index in [1.54, 1.807) is 0 Å². The molecule has 1 aromatic rings. The first-order valence-electron chi connectivity index (χ1n) is 6.45. The zero-order valence-electron chi connectivity index (χ0n) is 10.7. The fourth-order valence-electron chi connectivity index (χ4n) is 2.18. The molecule has 0 heterocycles. The van der Waals surface area contributed by atoms with E-state index >= 15 is 0 Å². The predicted octanol–water partition coefficient (Wildman–Crippen LogP) is 1.75. The van der Waals surface area contributed by atoms with Crippen molar-refractivity contribution in [1.29, 1.82) is 0 Å². The Bertz CT molecular complexity index is 473. The fourth-order valence-corrected chi connectivity index (χ4v) is 2.18. The molecule has 0 unspecified atom stereocenters. The summed E-state index contributed by atoms with van der Waals surface area (Å²) in [6.45, 7) is 1.20. The van der Waals surface area contributed by atoms with Crippen LogP contribution in [-0.4, -0.2) is 19.0 Å². The minimum absolute atomic E-state index is 0.0647. The molecule has 1 amide bonds. The van der Waals surface area contributed by atoms with Crippen molar-refractivity contribution in [2.45, 2.75) is 25.7 Å². The van der Waals surface area contributed by atoms with E-state index in [4.69, 9.17) is 5.73 Å². The Morgan fingerprint density at radius 2 is 2.11 bits per heavy atom. The van der Waals surface area contributed by atoms with Gasteiger partial charge >= 0.3 is 0 Å². The smallest absolute Gasteiger partial charge is 0.224 e. The van der Waals surface area contributed by atoms with Crippen LogP contribution in [0, 0.1) is 17.0 Å². The van der Waals surface area contributed by atoms with E-state index in [2.05, 4.69) is 5.32 Å². The van der Waals surface area contributed by atoms with Crippen molar-refractivity contribution in [3.05, 3.63) is 35.4 Å². The van der Waals surface area contributed by atoms with Gasteiger partial charge in [-0.1, -0.05) is 6.07 Å². The van der Waals surface area contributed by atoms with Gasteiger partial charge in [0.15, 0.2) is 0 Å². The standard InChI is InChI=1S/C14H18F2N2O/c15-11-2-1-10(12(16)8-11)7-13(19)18-9-14(3-4-14)5-6-17/h1-2,8H,3-7,9,17H2,(H,18,19). The Labute approximate surface area is 111 Å². The maximum atomic E-state index is 13.4. The second-order valence-electron chi connectivity index (χ2n) is 5.23. The van der Waals surface area contributed by atoms with Gasteiger partial charge < -0.3 is 11.1 Å². The molecule has 5 heteroatoms. The maximum absolute atomic E-state index is 13.4. The lowest BCUT2D eigenvalue weighted by Crippen LogP contribution is -2.32. The third-order valence-electron chi connectivity index (χ3n) is 3.66. The Hall–Kier alpha value is -1.49. The molecule has 3 N–H and O–H groups in total. The van der Waals surface area contributed by atoms with Crippen LogP contribution in [0.2, 0.25) is 0 Å². The molecule has 1 aromatic carbocycles. The van der Waals surface area contributed by atoms with Gasteiger partial charge in [0.1, 0.15) is 11.6 Å². The summed E-state index contributed by atoms with van der Waals surface area (Å²) in [6.07, 6.45) is 2.99. The first kappa shape index (κ1) is 13.9. The van der Waals surface area contributed by atoms with Crippen molar-refractivity contribution in [2.24, 2.45) is 11.1 Å². The van der Waals surface area contributed by atoms with Gasteiger partial charge in [-0.25, -0.2) is 8.78 Å². The average molecular weight is 268 g/mol. The van der Waals surface area contributed by atoms with E-state index in [0.29, 0.717) is 13.1 Å². The molecule has 0 spiro atoms. The van der Waals surface area contributed by atoms with E-state index < -0.39 is 11.6 Å². The van der Waals surface area contributed by atoms with Crippen LogP contribution in [0.5, 0.6) is 0 Å². The van der Waals surface area contributed by atoms with Crippen LogP contribution in [0.1, 0.15) is 24.8 Å². The summed E-state index contributed by atoms with van der Waals surface area (Å²) >= 11 is 0. The summed E-state index contributed by atoms with van der Waals surface area (Å²) in [5.74, 6) is -1.56. The summed E-state index contributed by atoms with van der Waals surface area (Å²) in [5.41, 5.74) is 5.89. The monoisotopic (exact) mass is 268 g/mol. The van der Waals surface area contributed by atoms with Crippen LogP contribution in [0.25, 0.3) is 0 Å². The van der Waals surface area contributed by atoms with Crippen molar-refractivity contribution in [3.8, 4) is 0 Å². The lowest BCUT2D eigenvalue weighted by molar-refractivity contribution is -0.120. The average Bonchev–Trinajstić information content (AvgIpc) is 3.11. The molecule has 0 atom stereocenters. The topological polar surface area (TPSA) is 55.1 Å². The van der Waals surface area contributed by atoms with Crippen molar-refractivity contribution in [3.63, 3.8) is 0 Å². The van der Waals surface area contributed by atoms with Crippen LogP contribution in [0.3, 0.4) is 0 Å². The highest BCUT2D eigenvalue weighted by Gasteiger charge is 2.41. The Balaban J connectivity index is 1.84. The summed E-state index contributed by atoms with van der Waals surface area (Å²) in [4.78, 5) is 11.7. The highest BCUT2D eigenvalue weighted by atomic mass is 19.1. The number of benzene rings is 1. The molecule has 0 bridgehead atoms. The van der Waals surface area contributed by atoms with Crippen molar-refractivity contribution in [1.82, 2.24) is 5.32 Å². The summed E-state index contributed by atoms with van der Waals surface area (Å²) in [6, 6.07) is 3.25. The highest BCUT2D eigenvalue weighted by molar-refractivity contribution is 5.78. The molecule has 104 valence electrons. The zero-order chi connectivity index (χ0) is 13.9. The molecule has 3 nitrogen and oxygen atoms in total. The largest absolute Gasteiger partial charge is 0.355 e. The van der Waals surface area contributed by atoms with E-state index in [1.807, 2.05) is 0 Å². The molecular weight excluding hydrogens is 250 g/mol. The number of rotatable bonds is 6. The molecule has 1 saturated carbocycles. The summed E-state index contributed by atoms with van der Waals surface area (Å²) in [7, 11) is 0. The minimum Gasteiger partial charge on any atom is -0.355 e. The molecule has 1 aliphatic rings. The number of amides is 1. The summed E-state index contributed by atoms with van der Waals surface area (Å²) in [5, 5.41) is 2.81. The van der Waals surface area contributed by atoms with Gasteiger partial charge in [-0.2, -0.15) is 0 Å². The molecule has 2 rings (SSSR count). The zero-order valence-corrected chi connectivity index (χ0v) is 10.7. The fraction of sp³-hybridized carbons (Fsp3) is 0.500. The van der Waals surface area contributed by atoms with Gasteiger partial charge in [0.25, 0.3) is 0 Å². The van der Waals surface area contributed by atoms with Crippen LogP contribution in [0.15, 0.2) is 18.2 Å². The van der Waals surface area contributed by atoms with Crippen molar-refractivity contribution >= 4 is 5.91 Å². The molecular formula is C14H18F2N2O. The van der Waals surface area contributed by atoms with E-state index in [-0.39, 0.29) is 23.3 Å². The van der Waals surface area contributed by atoms with Crippen LogP contribution >= 0.6 is 0 Å². The quantitative estimate of drug-likeness (QED) is 0.826. The van der Waals surface area contributed by atoms with Gasteiger partial charge in [0, 0.05) is 12.6 Å². The molecule has 1 aliphatic carbocycles. The van der Waals surface area contributed by atoms with Gasteiger partial charge in [0.05, 0.1) is 6.42 Å². The SMILES string of the molecule is NCCC1(CNC(=O)Cc2ccc(F)cc2F)CC1. The van der Waals surface area contributed by atoms with Gasteiger partial charge in [0.2, 0.25) is 5.91 Å². The number of carbonyl (C=O) groups excluding carboxylic acids is 1. The normalized spacial score (nSPS) is 16.2. The van der Waals surface area contributed by atoms with Gasteiger partial charge in [-0.3, -0.25) is 4.79 Å². The minimum atomic E-state index is -0.682. The second-order valence-corrected chi connectivity index (χ2v) is 5.23. The lowest BCUT2D eigenvalue weighted by atomic mass is 10.0. The molecule has 1 fully saturated rings. The number of halogens is 2.